The summed E-state index contributed by atoms with van der Waals surface area (Å²) in [5.74, 6) is -1.42. The zero-order valence-electron chi connectivity index (χ0n) is 14.9. The summed E-state index contributed by atoms with van der Waals surface area (Å²) in [5.41, 5.74) is 0.783. The van der Waals surface area contributed by atoms with E-state index in [0.717, 1.165) is 0 Å². The molecule has 0 fully saturated rings. The zero-order chi connectivity index (χ0) is 20.4. The van der Waals surface area contributed by atoms with Crippen molar-refractivity contribution in [2.24, 2.45) is 10.2 Å². The largest absolute Gasteiger partial charge is 0.493 e. The van der Waals surface area contributed by atoms with E-state index in [0.29, 0.717) is 10.9 Å². The van der Waals surface area contributed by atoms with Crippen molar-refractivity contribution in [1.29, 1.82) is 0 Å². The molecule has 146 valence electrons. The SMILES string of the molecule is O=C(N=Nc1c(O)[nH]c2ccccc12)c1ccc(CS(=O)(=O)c2ccccc2)o1. The number of aromatic nitrogens is 1. The number of carbonyl (C=O) groups excluding carboxylic acids is 1. The lowest BCUT2D eigenvalue weighted by molar-refractivity contribution is 0.0967. The van der Waals surface area contributed by atoms with Crippen molar-refractivity contribution in [3.8, 4) is 5.88 Å². The highest BCUT2D eigenvalue weighted by Gasteiger charge is 2.19. The third-order valence-corrected chi connectivity index (χ3v) is 5.86. The number of H-pyrrole nitrogens is 1. The van der Waals surface area contributed by atoms with Gasteiger partial charge in [0, 0.05) is 5.39 Å². The summed E-state index contributed by atoms with van der Waals surface area (Å²) < 4.78 is 30.1. The van der Waals surface area contributed by atoms with Crippen molar-refractivity contribution in [2.45, 2.75) is 10.6 Å². The molecule has 2 aromatic heterocycles. The quantitative estimate of drug-likeness (QED) is 0.474. The van der Waals surface area contributed by atoms with Gasteiger partial charge in [0.05, 0.1) is 10.4 Å². The Morgan fingerprint density at radius 1 is 1.00 bits per heavy atom. The van der Waals surface area contributed by atoms with Crippen LogP contribution in [-0.2, 0) is 15.6 Å². The van der Waals surface area contributed by atoms with Gasteiger partial charge in [0.15, 0.2) is 21.3 Å². The van der Waals surface area contributed by atoms with Crippen LogP contribution in [-0.4, -0.2) is 24.4 Å². The molecule has 4 aromatic rings. The highest BCUT2D eigenvalue weighted by molar-refractivity contribution is 7.90. The molecule has 0 aliphatic rings. The van der Waals surface area contributed by atoms with E-state index in [9.17, 15) is 18.3 Å². The first-order valence-electron chi connectivity index (χ1n) is 8.56. The molecule has 0 spiro atoms. The first-order valence-corrected chi connectivity index (χ1v) is 10.2. The van der Waals surface area contributed by atoms with Crippen LogP contribution in [0.1, 0.15) is 16.3 Å². The fourth-order valence-corrected chi connectivity index (χ4v) is 4.10. The number of furan rings is 1. The van der Waals surface area contributed by atoms with Crippen LogP contribution in [0.5, 0.6) is 5.88 Å². The number of nitrogens with zero attached hydrogens (tertiary/aromatic N) is 2. The molecule has 1 amide bonds. The first-order chi connectivity index (χ1) is 13.9. The zero-order valence-corrected chi connectivity index (χ0v) is 15.8. The number of fused-ring (bicyclic) bond motifs is 1. The van der Waals surface area contributed by atoms with Gasteiger partial charge in [-0.1, -0.05) is 36.4 Å². The summed E-state index contributed by atoms with van der Waals surface area (Å²) in [5, 5.41) is 18.0. The normalized spacial score (nSPS) is 12.0. The van der Waals surface area contributed by atoms with Gasteiger partial charge in [-0.3, -0.25) is 4.79 Å². The molecule has 0 radical (unpaired) electrons. The minimum absolute atomic E-state index is 0.113. The number of nitrogens with one attached hydrogen (secondary N) is 1. The molecular weight excluding hydrogens is 394 g/mol. The van der Waals surface area contributed by atoms with Crippen LogP contribution in [0.2, 0.25) is 0 Å². The predicted molar refractivity (Wildman–Crippen MR) is 105 cm³/mol. The number of aromatic amines is 1. The van der Waals surface area contributed by atoms with Crippen LogP contribution in [0.15, 0.2) is 86.3 Å². The number of benzene rings is 2. The Morgan fingerprint density at radius 2 is 1.72 bits per heavy atom. The lowest BCUT2D eigenvalue weighted by Gasteiger charge is -2.01. The standard InChI is InChI=1S/C20H15N3O5S/c24-19(23-22-18-15-8-4-5-9-16(15)21-20(18)25)17-11-10-13(28-17)12-29(26,27)14-6-2-1-3-7-14/h1-11,21,25H,12H2. The Morgan fingerprint density at radius 3 is 2.52 bits per heavy atom. The lowest BCUT2D eigenvalue weighted by Crippen LogP contribution is -2.04. The summed E-state index contributed by atoms with van der Waals surface area (Å²) in [6.45, 7) is 0. The molecule has 0 aliphatic heterocycles. The summed E-state index contributed by atoms with van der Waals surface area (Å²) in [6.07, 6.45) is 0. The molecule has 29 heavy (non-hydrogen) atoms. The number of carbonyl (C=O) groups is 1. The maximum Gasteiger partial charge on any atom is 0.331 e. The average molecular weight is 409 g/mol. The molecule has 0 saturated carbocycles. The van der Waals surface area contributed by atoms with Gasteiger partial charge in [-0.2, -0.15) is 0 Å². The van der Waals surface area contributed by atoms with E-state index in [4.69, 9.17) is 4.42 Å². The minimum Gasteiger partial charge on any atom is -0.493 e. The number of rotatable bonds is 5. The van der Waals surface area contributed by atoms with Gasteiger partial charge in [0.25, 0.3) is 0 Å². The van der Waals surface area contributed by atoms with Gasteiger partial charge in [0.2, 0.25) is 5.88 Å². The molecular formula is C20H15N3O5S. The van der Waals surface area contributed by atoms with Crippen LogP contribution in [0.3, 0.4) is 0 Å². The van der Waals surface area contributed by atoms with Crippen molar-refractivity contribution in [2.75, 3.05) is 0 Å². The Balaban J connectivity index is 1.53. The average Bonchev–Trinajstić information content (AvgIpc) is 3.30. The smallest absolute Gasteiger partial charge is 0.331 e. The molecule has 2 heterocycles. The third-order valence-electron chi connectivity index (χ3n) is 4.21. The molecule has 4 rings (SSSR count). The Kier molecular flexibility index (Phi) is 4.73. The Bertz CT molecular complexity index is 1320. The van der Waals surface area contributed by atoms with Crippen molar-refractivity contribution >= 4 is 32.3 Å². The fraction of sp³-hybridized carbons (Fsp3) is 0.0500. The van der Waals surface area contributed by atoms with E-state index in [1.54, 1.807) is 42.5 Å². The summed E-state index contributed by atoms with van der Waals surface area (Å²) >= 11 is 0. The van der Waals surface area contributed by atoms with Crippen LogP contribution in [0.4, 0.5) is 5.69 Å². The van der Waals surface area contributed by atoms with Gasteiger partial charge in [0.1, 0.15) is 11.5 Å². The van der Waals surface area contributed by atoms with Crippen LogP contribution in [0, 0.1) is 0 Å². The minimum atomic E-state index is -3.60. The second-order valence-electron chi connectivity index (χ2n) is 6.21. The predicted octanol–water partition coefficient (Wildman–Crippen LogP) is 4.36. The number of aromatic hydroxyl groups is 1. The van der Waals surface area contributed by atoms with Gasteiger partial charge in [-0.25, -0.2) is 8.42 Å². The topological polar surface area (TPSA) is 125 Å². The highest BCUT2D eigenvalue weighted by Crippen LogP contribution is 2.35. The molecule has 0 bridgehead atoms. The fourth-order valence-electron chi connectivity index (χ4n) is 2.83. The Hall–Kier alpha value is -3.72. The first kappa shape index (κ1) is 18.6. The van der Waals surface area contributed by atoms with E-state index >= 15 is 0 Å². The second-order valence-corrected chi connectivity index (χ2v) is 8.20. The van der Waals surface area contributed by atoms with Gasteiger partial charge < -0.3 is 14.5 Å². The number of amides is 1. The third kappa shape index (κ3) is 3.81. The number of sulfone groups is 1. The second kappa shape index (κ2) is 7.36. The molecule has 0 saturated heterocycles. The summed E-state index contributed by atoms with van der Waals surface area (Å²) in [6, 6.07) is 17.7. The molecule has 8 nitrogen and oxygen atoms in total. The molecule has 0 aliphatic carbocycles. The number of azo groups is 1. The molecule has 9 heteroatoms. The van der Waals surface area contributed by atoms with Gasteiger partial charge in [-0.15, -0.1) is 10.2 Å². The monoisotopic (exact) mass is 409 g/mol. The Labute approximate surface area is 165 Å². The van der Waals surface area contributed by atoms with Crippen molar-refractivity contribution in [3.63, 3.8) is 0 Å². The number of hydrogen-bond donors (Lipinski definition) is 2. The maximum absolute atomic E-state index is 12.4. The number of hydrogen-bond acceptors (Lipinski definition) is 6. The maximum atomic E-state index is 12.4. The molecule has 2 aromatic carbocycles. The van der Waals surface area contributed by atoms with Crippen molar-refractivity contribution < 1.29 is 22.7 Å². The molecule has 0 atom stereocenters. The van der Waals surface area contributed by atoms with Crippen LogP contribution in [0.25, 0.3) is 10.9 Å². The van der Waals surface area contributed by atoms with Crippen molar-refractivity contribution in [1.82, 2.24) is 4.98 Å². The van der Waals surface area contributed by atoms with Crippen LogP contribution >= 0.6 is 0 Å². The van der Waals surface area contributed by atoms with E-state index < -0.39 is 15.7 Å². The molecule has 2 N–H and O–H groups in total. The van der Waals surface area contributed by atoms with Crippen LogP contribution < -0.4 is 0 Å². The van der Waals surface area contributed by atoms with Crippen molar-refractivity contribution in [3.05, 3.63) is 78.3 Å². The van der Waals surface area contributed by atoms with Gasteiger partial charge in [-0.05, 0) is 30.3 Å². The lowest BCUT2D eigenvalue weighted by atomic mass is 10.2. The molecule has 0 unspecified atom stereocenters. The highest BCUT2D eigenvalue weighted by atomic mass is 32.2. The van der Waals surface area contributed by atoms with E-state index in [1.807, 2.05) is 0 Å². The summed E-state index contributed by atoms with van der Waals surface area (Å²) in [7, 11) is -3.60. The van der Waals surface area contributed by atoms with Gasteiger partial charge >= 0.3 is 5.91 Å². The van der Waals surface area contributed by atoms with E-state index in [-0.39, 0.29) is 33.7 Å². The van der Waals surface area contributed by atoms with E-state index in [1.165, 1.54) is 24.3 Å². The number of para-hydroxylation sites is 1. The van der Waals surface area contributed by atoms with E-state index in [2.05, 4.69) is 15.2 Å². The summed E-state index contributed by atoms with van der Waals surface area (Å²) in [4.78, 5) is 15.1.